The minimum Gasteiger partial charge on any atom is -0.465 e. The zero-order valence-corrected chi connectivity index (χ0v) is 14.9. The molecule has 1 rings (SSSR count). The Labute approximate surface area is 135 Å². The van der Waals surface area contributed by atoms with Crippen LogP contribution in [0.4, 0.5) is 0 Å². The van der Waals surface area contributed by atoms with Gasteiger partial charge in [-0.1, -0.05) is 0 Å². The summed E-state index contributed by atoms with van der Waals surface area (Å²) in [7, 11) is 0. The maximum absolute atomic E-state index is 12.2. The van der Waals surface area contributed by atoms with Crippen molar-refractivity contribution in [2.24, 2.45) is 0 Å². The average molecular weight is 360 g/mol. The third-order valence-corrected chi connectivity index (χ3v) is 3.66. The van der Waals surface area contributed by atoms with E-state index in [9.17, 15) is 4.79 Å². The normalized spacial score (nSPS) is 14.2. The number of carbonyl (C=O) groups excluding carboxylic acids is 1. The minimum atomic E-state index is -0.616. The van der Waals surface area contributed by atoms with Gasteiger partial charge in [0, 0.05) is 18.8 Å². The van der Waals surface area contributed by atoms with Gasteiger partial charge >= 0.3 is 5.97 Å². The van der Waals surface area contributed by atoms with Crippen LogP contribution < -0.4 is 5.32 Å². The van der Waals surface area contributed by atoms with E-state index in [0.717, 1.165) is 30.3 Å². The van der Waals surface area contributed by atoms with E-state index in [1.807, 2.05) is 38.6 Å². The Kier molecular flexibility index (Phi) is 7.39. The van der Waals surface area contributed by atoms with Gasteiger partial charge in [0.1, 0.15) is 5.54 Å². The van der Waals surface area contributed by atoms with Gasteiger partial charge in [-0.2, -0.15) is 5.10 Å². The van der Waals surface area contributed by atoms with Gasteiger partial charge in [0.05, 0.1) is 17.3 Å². The first kappa shape index (κ1) is 18.2. The fraction of sp³-hybridized carbons (Fsp3) is 0.733. The second-order valence-corrected chi connectivity index (χ2v) is 6.65. The van der Waals surface area contributed by atoms with Crippen molar-refractivity contribution in [3.05, 3.63) is 16.9 Å². The molecule has 0 aromatic carbocycles. The van der Waals surface area contributed by atoms with Gasteiger partial charge in [0.15, 0.2) is 0 Å². The lowest BCUT2D eigenvalue weighted by molar-refractivity contribution is -0.151. The van der Waals surface area contributed by atoms with Crippen LogP contribution >= 0.6 is 15.9 Å². The van der Waals surface area contributed by atoms with E-state index in [4.69, 9.17) is 4.74 Å². The van der Waals surface area contributed by atoms with Gasteiger partial charge in [-0.05, 0) is 62.9 Å². The van der Waals surface area contributed by atoms with E-state index in [1.165, 1.54) is 0 Å². The fourth-order valence-corrected chi connectivity index (χ4v) is 2.70. The molecular formula is C15H26BrN3O2. The van der Waals surface area contributed by atoms with Crippen molar-refractivity contribution in [3.63, 3.8) is 0 Å². The number of esters is 1. The lowest BCUT2D eigenvalue weighted by atomic mass is 9.94. The van der Waals surface area contributed by atoms with Crippen LogP contribution in [0.5, 0.6) is 0 Å². The van der Waals surface area contributed by atoms with Crippen LogP contribution in [0.3, 0.4) is 0 Å². The summed E-state index contributed by atoms with van der Waals surface area (Å²) in [6.07, 6.45) is 6.40. The molecule has 1 aromatic heterocycles. The highest BCUT2D eigenvalue weighted by Gasteiger charge is 2.34. The highest BCUT2D eigenvalue weighted by atomic mass is 79.9. The highest BCUT2D eigenvalue weighted by Crippen LogP contribution is 2.18. The van der Waals surface area contributed by atoms with Crippen LogP contribution in [-0.2, 0) is 16.1 Å². The van der Waals surface area contributed by atoms with E-state index < -0.39 is 5.54 Å². The molecule has 120 valence electrons. The first-order valence-corrected chi connectivity index (χ1v) is 8.29. The number of carbonyl (C=O) groups is 1. The van der Waals surface area contributed by atoms with E-state index >= 15 is 0 Å². The average Bonchev–Trinajstić information content (AvgIpc) is 2.80. The fourth-order valence-electron chi connectivity index (χ4n) is 2.37. The van der Waals surface area contributed by atoms with E-state index in [2.05, 4.69) is 26.3 Å². The van der Waals surface area contributed by atoms with Gasteiger partial charge in [-0.3, -0.25) is 14.8 Å². The Balaban J connectivity index is 2.47. The summed E-state index contributed by atoms with van der Waals surface area (Å²) < 4.78 is 8.09. The Hall–Kier alpha value is -0.880. The number of rotatable bonds is 9. The standard InChI is InChI=1S/C15H26BrN3O2/c1-5-21-14(20)15(4,18-12(2)3)8-6-7-9-19-11-13(16)10-17-19/h10-12,18H,5-9H2,1-4H3. The number of nitrogens with zero attached hydrogens (tertiary/aromatic N) is 2. The number of aromatic nitrogens is 2. The molecule has 0 amide bonds. The molecule has 1 aromatic rings. The first-order valence-electron chi connectivity index (χ1n) is 7.50. The summed E-state index contributed by atoms with van der Waals surface area (Å²) in [6.45, 7) is 9.11. The number of nitrogens with one attached hydrogen (secondary N) is 1. The second kappa shape index (κ2) is 8.54. The Morgan fingerprint density at radius 1 is 1.52 bits per heavy atom. The van der Waals surface area contributed by atoms with Crippen molar-refractivity contribution in [1.82, 2.24) is 15.1 Å². The van der Waals surface area contributed by atoms with E-state index in [-0.39, 0.29) is 12.0 Å². The van der Waals surface area contributed by atoms with Gasteiger partial charge in [0.25, 0.3) is 0 Å². The number of hydrogen-bond acceptors (Lipinski definition) is 4. The Bertz CT molecular complexity index is 448. The molecule has 21 heavy (non-hydrogen) atoms. The highest BCUT2D eigenvalue weighted by molar-refractivity contribution is 9.10. The quantitative estimate of drug-likeness (QED) is 0.543. The number of halogens is 1. The number of ether oxygens (including phenoxy) is 1. The monoisotopic (exact) mass is 359 g/mol. The molecular weight excluding hydrogens is 334 g/mol. The molecule has 0 aliphatic heterocycles. The summed E-state index contributed by atoms with van der Waals surface area (Å²) in [5.74, 6) is -0.166. The molecule has 5 nitrogen and oxygen atoms in total. The molecule has 0 saturated carbocycles. The van der Waals surface area contributed by atoms with Gasteiger partial charge in [-0.15, -0.1) is 0 Å². The molecule has 0 bridgehead atoms. The zero-order valence-electron chi connectivity index (χ0n) is 13.4. The lowest BCUT2D eigenvalue weighted by Crippen LogP contribution is -2.53. The largest absolute Gasteiger partial charge is 0.465 e. The molecule has 0 aliphatic rings. The third-order valence-electron chi connectivity index (χ3n) is 3.25. The summed E-state index contributed by atoms with van der Waals surface area (Å²) in [4.78, 5) is 12.2. The maximum Gasteiger partial charge on any atom is 0.326 e. The third kappa shape index (κ3) is 6.18. The predicted molar refractivity (Wildman–Crippen MR) is 87.1 cm³/mol. The van der Waals surface area contributed by atoms with E-state index in [1.54, 1.807) is 6.20 Å². The molecule has 6 heteroatoms. The molecule has 0 radical (unpaired) electrons. The smallest absolute Gasteiger partial charge is 0.326 e. The van der Waals surface area contributed by atoms with Crippen LogP contribution in [-0.4, -0.2) is 33.9 Å². The Morgan fingerprint density at radius 2 is 2.24 bits per heavy atom. The molecule has 0 saturated heterocycles. The van der Waals surface area contributed by atoms with Gasteiger partial charge in [0.2, 0.25) is 0 Å². The maximum atomic E-state index is 12.2. The molecule has 0 fully saturated rings. The first-order chi connectivity index (χ1) is 9.87. The van der Waals surface area contributed by atoms with Gasteiger partial charge < -0.3 is 4.74 Å². The van der Waals surface area contributed by atoms with Crippen molar-refractivity contribution in [2.75, 3.05) is 6.61 Å². The second-order valence-electron chi connectivity index (χ2n) is 5.73. The Morgan fingerprint density at radius 3 is 2.76 bits per heavy atom. The molecule has 0 spiro atoms. The minimum absolute atomic E-state index is 0.166. The molecule has 1 heterocycles. The SMILES string of the molecule is CCOC(=O)C(C)(CCCCn1cc(Br)cn1)NC(C)C. The van der Waals surface area contributed by atoms with Crippen molar-refractivity contribution in [1.29, 1.82) is 0 Å². The molecule has 1 atom stereocenters. The van der Waals surface area contributed by atoms with Crippen molar-refractivity contribution >= 4 is 21.9 Å². The zero-order chi connectivity index (χ0) is 15.9. The molecule has 1 unspecified atom stereocenters. The molecule has 0 aliphatic carbocycles. The lowest BCUT2D eigenvalue weighted by Gasteiger charge is -2.30. The topological polar surface area (TPSA) is 56.2 Å². The van der Waals surface area contributed by atoms with Gasteiger partial charge in [-0.25, -0.2) is 0 Å². The van der Waals surface area contributed by atoms with Crippen LogP contribution in [0.2, 0.25) is 0 Å². The summed E-state index contributed by atoms with van der Waals surface area (Å²) in [5, 5.41) is 7.56. The van der Waals surface area contributed by atoms with Crippen LogP contribution in [0.1, 0.15) is 47.0 Å². The summed E-state index contributed by atoms with van der Waals surface area (Å²) in [5.41, 5.74) is -0.616. The summed E-state index contributed by atoms with van der Waals surface area (Å²) >= 11 is 3.38. The number of unbranched alkanes of at least 4 members (excludes halogenated alkanes) is 1. The van der Waals surface area contributed by atoms with Crippen LogP contribution in [0.15, 0.2) is 16.9 Å². The number of hydrogen-bond donors (Lipinski definition) is 1. The predicted octanol–water partition coefficient (Wildman–Crippen LogP) is 3.14. The van der Waals surface area contributed by atoms with E-state index in [0.29, 0.717) is 6.61 Å². The van der Waals surface area contributed by atoms with Crippen LogP contribution in [0.25, 0.3) is 0 Å². The number of aryl methyl sites for hydroxylation is 1. The van der Waals surface area contributed by atoms with Crippen molar-refractivity contribution in [2.45, 2.75) is 65.1 Å². The van der Waals surface area contributed by atoms with Crippen LogP contribution in [0, 0.1) is 0 Å². The van der Waals surface area contributed by atoms with Crippen molar-refractivity contribution < 1.29 is 9.53 Å². The molecule has 1 N–H and O–H groups in total. The summed E-state index contributed by atoms with van der Waals surface area (Å²) in [6, 6.07) is 0.237. The van der Waals surface area contributed by atoms with Crippen molar-refractivity contribution in [3.8, 4) is 0 Å².